The molecule has 0 atom stereocenters. The van der Waals surface area contributed by atoms with Crippen molar-refractivity contribution >= 4 is 23.5 Å². The highest BCUT2D eigenvalue weighted by Crippen LogP contribution is 2.53. The Bertz CT molecular complexity index is 651. The fourth-order valence-electron chi connectivity index (χ4n) is 3.08. The average Bonchev–Trinajstić information content (AvgIpc) is 3.23. The molecule has 1 saturated heterocycles. The minimum absolute atomic E-state index is 0.00942. The van der Waals surface area contributed by atoms with Gasteiger partial charge in [-0.25, -0.2) is 0 Å². The molecule has 0 spiro atoms. The summed E-state index contributed by atoms with van der Waals surface area (Å²) in [6, 6.07) is 7.34. The minimum Gasteiger partial charge on any atom is -0.481 e. The van der Waals surface area contributed by atoms with Gasteiger partial charge in [-0.3, -0.25) is 14.4 Å². The number of anilines is 1. The SMILES string of the molecule is CN1CC(=O)N(c2ccccc2C2(CC(=O)O)CC2)CC1=O. The summed E-state index contributed by atoms with van der Waals surface area (Å²) in [7, 11) is 1.61. The normalized spacial score (nSPS) is 20.2. The maximum atomic E-state index is 12.3. The van der Waals surface area contributed by atoms with Crippen molar-refractivity contribution in [3.05, 3.63) is 29.8 Å². The van der Waals surface area contributed by atoms with Crippen LogP contribution in [0.5, 0.6) is 0 Å². The van der Waals surface area contributed by atoms with Gasteiger partial charge >= 0.3 is 5.97 Å². The first-order valence-corrected chi connectivity index (χ1v) is 7.29. The van der Waals surface area contributed by atoms with Gasteiger partial charge in [-0.15, -0.1) is 0 Å². The van der Waals surface area contributed by atoms with Crippen LogP contribution in [0.15, 0.2) is 24.3 Å². The van der Waals surface area contributed by atoms with Crippen LogP contribution in [-0.2, 0) is 19.8 Å². The number of rotatable bonds is 4. The number of nitrogens with zero attached hydrogens (tertiary/aromatic N) is 2. The van der Waals surface area contributed by atoms with Gasteiger partial charge in [-0.05, 0) is 24.5 Å². The van der Waals surface area contributed by atoms with Crippen LogP contribution in [0.4, 0.5) is 5.69 Å². The molecule has 3 rings (SSSR count). The molecule has 1 aromatic carbocycles. The van der Waals surface area contributed by atoms with Gasteiger partial charge in [0.1, 0.15) is 6.54 Å². The van der Waals surface area contributed by atoms with Crippen LogP contribution in [0.3, 0.4) is 0 Å². The summed E-state index contributed by atoms with van der Waals surface area (Å²) < 4.78 is 0. The smallest absolute Gasteiger partial charge is 0.304 e. The number of benzene rings is 1. The van der Waals surface area contributed by atoms with E-state index in [2.05, 4.69) is 0 Å². The maximum Gasteiger partial charge on any atom is 0.304 e. The van der Waals surface area contributed by atoms with Crippen LogP contribution < -0.4 is 4.90 Å². The van der Waals surface area contributed by atoms with Crippen LogP contribution in [0, 0.1) is 0 Å². The molecule has 0 radical (unpaired) electrons. The number of hydrogen-bond acceptors (Lipinski definition) is 3. The van der Waals surface area contributed by atoms with Gasteiger partial charge in [-0.1, -0.05) is 18.2 Å². The number of hydrogen-bond donors (Lipinski definition) is 1. The number of carbonyl (C=O) groups excluding carboxylic acids is 2. The summed E-state index contributed by atoms with van der Waals surface area (Å²) in [6.45, 7) is 0.0641. The molecule has 22 heavy (non-hydrogen) atoms. The topological polar surface area (TPSA) is 77.9 Å². The number of carbonyl (C=O) groups is 3. The van der Waals surface area contributed by atoms with Crippen LogP contribution in [0.2, 0.25) is 0 Å². The van der Waals surface area contributed by atoms with Crippen molar-refractivity contribution in [1.29, 1.82) is 0 Å². The molecule has 6 nitrogen and oxygen atoms in total. The molecule has 1 aliphatic heterocycles. The standard InChI is InChI=1S/C16H18N2O4/c1-17-9-14(20)18(10-13(17)19)12-5-3-2-4-11(12)16(6-7-16)8-15(21)22/h2-5H,6-10H2,1H3,(H,21,22). The minimum atomic E-state index is -0.840. The zero-order chi connectivity index (χ0) is 15.9. The number of likely N-dealkylation sites (N-methyl/N-ethyl adjacent to an activating group) is 1. The summed E-state index contributed by atoms with van der Waals surface area (Å²) in [5, 5.41) is 9.14. The molecule has 1 aliphatic carbocycles. The molecule has 1 saturated carbocycles. The second-order valence-corrected chi connectivity index (χ2v) is 6.10. The maximum absolute atomic E-state index is 12.3. The third-order valence-corrected chi connectivity index (χ3v) is 4.50. The van der Waals surface area contributed by atoms with Crippen molar-refractivity contribution < 1.29 is 19.5 Å². The van der Waals surface area contributed by atoms with E-state index in [1.165, 1.54) is 9.80 Å². The predicted molar refractivity (Wildman–Crippen MR) is 79.6 cm³/mol. The molecular formula is C16H18N2O4. The highest BCUT2D eigenvalue weighted by atomic mass is 16.4. The molecule has 1 heterocycles. The van der Waals surface area contributed by atoms with Crippen LogP contribution >= 0.6 is 0 Å². The van der Waals surface area contributed by atoms with Crippen molar-refractivity contribution in [2.24, 2.45) is 0 Å². The lowest BCUT2D eigenvalue weighted by Gasteiger charge is -2.34. The highest BCUT2D eigenvalue weighted by molar-refractivity contribution is 6.05. The second kappa shape index (κ2) is 5.12. The molecule has 2 amide bonds. The van der Waals surface area contributed by atoms with E-state index in [0.29, 0.717) is 5.69 Å². The van der Waals surface area contributed by atoms with Crippen molar-refractivity contribution in [3.63, 3.8) is 0 Å². The van der Waals surface area contributed by atoms with Crippen molar-refractivity contribution in [3.8, 4) is 0 Å². The summed E-state index contributed by atoms with van der Waals surface area (Å²) in [5.41, 5.74) is 1.14. The number of carboxylic acids is 1. The van der Waals surface area contributed by atoms with E-state index in [1.54, 1.807) is 13.1 Å². The lowest BCUT2D eigenvalue weighted by atomic mass is 9.90. The van der Waals surface area contributed by atoms with E-state index in [9.17, 15) is 14.4 Å². The zero-order valence-corrected chi connectivity index (χ0v) is 12.4. The molecule has 1 N–H and O–H groups in total. The molecule has 2 fully saturated rings. The fraction of sp³-hybridized carbons (Fsp3) is 0.438. The Morgan fingerprint density at radius 2 is 1.86 bits per heavy atom. The number of carboxylic acid groups (broad SMARTS) is 1. The number of para-hydroxylation sites is 1. The molecular weight excluding hydrogens is 284 g/mol. The Kier molecular flexibility index (Phi) is 3.39. The van der Waals surface area contributed by atoms with Crippen molar-refractivity contribution in [1.82, 2.24) is 4.90 Å². The quantitative estimate of drug-likeness (QED) is 0.900. The van der Waals surface area contributed by atoms with Gasteiger partial charge in [0, 0.05) is 18.2 Å². The molecule has 2 aliphatic rings. The first kappa shape index (κ1) is 14.6. The van der Waals surface area contributed by atoms with Gasteiger partial charge in [0.15, 0.2) is 0 Å². The van der Waals surface area contributed by atoms with Crippen molar-refractivity contribution in [2.75, 3.05) is 25.0 Å². The lowest BCUT2D eigenvalue weighted by Crippen LogP contribution is -2.52. The molecule has 0 aromatic heterocycles. The van der Waals surface area contributed by atoms with E-state index in [1.807, 2.05) is 18.2 Å². The summed E-state index contributed by atoms with van der Waals surface area (Å²) in [4.78, 5) is 38.2. The average molecular weight is 302 g/mol. The first-order valence-electron chi connectivity index (χ1n) is 7.29. The van der Waals surface area contributed by atoms with Gasteiger partial charge in [-0.2, -0.15) is 0 Å². The van der Waals surface area contributed by atoms with E-state index in [4.69, 9.17) is 5.11 Å². The van der Waals surface area contributed by atoms with Crippen LogP contribution in [0.25, 0.3) is 0 Å². The van der Waals surface area contributed by atoms with Gasteiger partial charge < -0.3 is 14.9 Å². The Labute approximate surface area is 128 Å². The highest BCUT2D eigenvalue weighted by Gasteiger charge is 2.48. The van der Waals surface area contributed by atoms with E-state index in [0.717, 1.165) is 18.4 Å². The van der Waals surface area contributed by atoms with Gasteiger partial charge in [0.2, 0.25) is 11.8 Å². The lowest BCUT2D eigenvalue weighted by molar-refractivity contribution is -0.137. The largest absolute Gasteiger partial charge is 0.481 e. The first-order chi connectivity index (χ1) is 10.4. The van der Waals surface area contributed by atoms with E-state index in [-0.39, 0.29) is 31.3 Å². The summed E-state index contributed by atoms with van der Waals surface area (Å²) >= 11 is 0. The Morgan fingerprint density at radius 1 is 1.18 bits per heavy atom. The zero-order valence-electron chi connectivity index (χ0n) is 12.4. The molecule has 0 unspecified atom stereocenters. The number of amides is 2. The van der Waals surface area contributed by atoms with Crippen LogP contribution in [0.1, 0.15) is 24.8 Å². The Balaban J connectivity index is 1.97. The fourth-order valence-corrected chi connectivity index (χ4v) is 3.08. The number of aliphatic carboxylic acids is 1. The van der Waals surface area contributed by atoms with Crippen LogP contribution in [-0.4, -0.2) is 47.9 Å². The van der Waals surface area contributed by atoms with Gasteiger partial charge in [0.05, 0.1) is 13.0 Å². The van der Waals surface area contributed by atoms with E-state index >= 15 is 0 Å². The second-order valence-electron chi connectivity index (χ2n) is 6.10. The van der Waals surface area contributed by atoms with E-state index < -0.39 is 11.4 Å². The summed E-state index contributed by atoms with van der Waals surface area (Å²) in [6.07, 6.45) is 1.65. The Morgan fingerprint density at radius 3 is 2.50 bits per heavy atom. The summed E-state index contributed by atoms with van der Waals surface area (Å²) in [5.74, 6) is -1.09. The number of piperazine rings is 1. The molecule has 116 valence electrons. The van der Waals surface area contributed by atoms with Crippen molar-refractivity contribution in [2.45, 2.75) is 24.7 Å². The molecule has 6 heteroatoms. The Hall–Kier alpha value is -2.37. The van der Waals surface area contributed by atoms with Gasteiger partial charge in [0.25, 0.3) is 0 Å². The molecule has 1 aromatic rings. The third-order valence-electron chi connectivity index (χ3n) is 4.50. The monoisotopic (exact) mass is 302 g/mol. The third kappa shape index (κ3) is 2.45. The predicted octanol–water partition coefficient (Wildman–Crippen LogP) is 0.998. The molecule has 0 bridgehead atoms.